The zero-order valence-corrected chi connectivity index (χ0v) is 19.3. The van der Waals surface area contributed by atoms with Gasteiger partial charge in [-0.25, -0.2) is 9.82 Å². The maximum atomic E-state index is 13.6. The lowest BCUT2D eigenvalue weighted by Gasteiger charge is -2.10. The SMILES string of the molecule is O=C(CSc1nnc(-c2ccc(Cl)cc2)n1-c1ccc(Cl)cc1)NN=Cc1ccccc1F. The van der Waals surface area contributed by atoms with Crippen LogP contribution in [-0.2, 0) is 4.79 Å². The van der Waals surface area contributed by atoms with Crippen LogP contribution >= 0.6 is 35.0 Å². The van der Waals surface area contributed by atoms with E-state index in [-0.39, 0.29) is 17.2 Å². The lowest BCUT2D eigenvalue weighted by molar-refractivity contribution is -0.118. The Kier molecular flexibility index (Phi) is 7.39. The first kappa shape index (κ1) is 23.0. The molecular formula is C23H16Cl2FN5OS. The van der Waals surface area contributed by atoms with E-state index in [1.54, 1.807) is 42.5 Å². The van der Waals surface area contributed by atoms with Gasteiger partial charge in [0.25, 0.3) is 5.91 Å². The highest BCUT2D eigenvalue weighted by atomic mass is 35.5. The molecule has 166 valence electrons. The summed E-state index contributed by atoms with van der Waals surface area (Å²) < 4.78 is 15.5. The van der Waals surface area contributed by atoms with Gasteiger partial charge in [0.05, 0.1) is 12.0 Å². The summed E-state index contributed by atoms with van der Waals surface area (Å²) in [6, 6.07) is 20.6. The molecule has 0 aliphatic rings. The summed E-state index contributed by atoms with van der Waals surface area (Å²) in [6.45, 7) is 0. The van der Waals surface area contributed by atoms with E-state index in [1.807, 2.05) is 28.8 Å². The number of carbonyl (C=O) groups is 1. The van der Waals surface area contributed by atoms with E-state index >= 15 is 0 Å². The van der Waals surface area contributed by atoms with Gasteiger partial charge in [0.15, 0.2) is 11.0 Å². The minimum Gasteiger partial charge on any atom is -0.272 e. The quantitative estimate of drug-likeness (QED) is 0.203. The van der Waals surface area contributed by atoms with Crippen LogP contribution in [0.5, 0.6) is 0 Å². The Bertz CT molecular complexity index is 1290. The van der Waals surface area contributed by atoms with Gasteiger partial charge >= 0.3 is 0 Å². The van der Waals surface area contributed by atoms with Crippen molar-refractivity contribution in [2.75, 3.05) is 5.75 Å². The maximum Gasteiger partial charge on any atom is 0.250 e. The Morgan fingerprint density at radius 1 is 1.00 bits per heavy atom. The number of hydrogen-bond acceptors (Lipinski definition) is 5. The van der Waals surface area contributed by atoms with Crippen molar-refractivity contribution in [2.45, 2.75) is 5.16 Å². The second kappa shape index (κ2) is 10.6. The van der Waals surface area contributed by atoms with Crippen LogP contribution in [0.15, 0.2) is 83.1 Å². The van der Waals surface area contributed by atoms with Crippen molar-refractivity contribution in [3.8, 4) is 17.1 Å². The predicted octanol–water partition coefficient (Wildman–Crippen LogP) is 5.62. The molecule has 0 spiro atoms. The number of aromatic nitrogens is 3. The highest BCUT2D eigenvalue weighted by molar-refractivity contribution is 7.99. The van der Waals surface area contributed by atoms with E-state index in [1.165, 1.54) is 24.0 Å². The summed E-state index contributed by atoms with van der Waals surface area (Å²) in [5.41, 5.74) is 4.27. The highest BCUT2D eigenvalue weighted by Crippen LogP contribution is 2.29. The Hall–Kier alpha value is -3.20. The summed E-state index contributed by atoms with van der Waals surface area (Å²) in [4.78, 5) is 12.3. The number of thioether (sulfide) groups is 1. The second-order valence-electron chi connectivity index (χ2n) is 6.73. The van der Waals surface area contributed by atoms with Crippen molar-refractivity contribution in [3.05, 3.63) is 94.2 Å². The highest BCUT2D eigenvalue weighted by Gasteiger charge is 2.17. The van der Waals surface area contributed by atoms with Gasteiger partial charge in [-0.1, -0.05) is 53.2 Å². The van der Waals surface area contributed by atoms with Crippen LogP contribution in [0.2, 0.25) is 10.0 Å². The number of nitrogens with zero attached hydrogens (tertiary/aromatic N) is 4. The molecule has 1 heterocycles. The van der Waals surface area contributed by atoms with E-state index in [4.69, 9.17) is 23.2 Å². The molecule has 0 unspecified atom stereocenters. The molecule has 4 rings (SSSR count). The normalized spacial score (nSPS) is 11.1. The first-order valence-electron chi connectivity index (χ1n) is 9.68. The van der Waals surface area contributed by atoms with Crippen LogP contribution in [0.4, 0.5) is 4.39 Å². The molecule has 4 aromatic rings. The number of hydrogen-bond donors (Lipinski definition) is 1. The number of halogens is 3. The fourth-order valence-electron chi connectivity index (χ4n) is 2.89. The first-order chi connectivity index (χ1) is 16.0. The van der Waals surface area contributed by atoms with Gasteiger partial charge in [-0.05, 0) is 54.6 Å². The van der Waals surface area contributed by atoms with E-state index in [9.17, 15) is 9.18 Å². The largest absolute Gasteiger partial charge is 0.272 e. The van der Waals surface area contributed by atoms with Crippen LogP contribution in [-0.4, -0.2) is 32.6 Å². The third-order valence-electron chi connectivity index (χ3n) is 4.45. The number of hydrazone groups is 1. The summed E-state index contributed by atoms with van der Waals surface area (Å²) in [5.74, 6) is -0.169. The Morgan fingerprint density at radius 2 is 1.67 bits per heavy atom. The first-order valence-corrected chi connectivity index (χ1v) is 11.4. The van der Waals surface area contributed by atoms with Gasteiger partial charge in [-0.15, -0.1) is 10.2 Å². The number of amides is 1. The van der Waals surface area contributed by atoms with Gasteiger partial charge in [0.2, 0.25) is 0 Å². The molecule has 0 radical (unpaired) electrons. The molecule has 0 fully saturated rings. The molecule has 10 heteroatoms. The van der Waals surface area contributed by atoms with Crippen molar-refractivity contribution < 1.29 is 9.18 Å². The smallest absolute Gasteiger partial charge is 0.250 e. The van der Waals surface area contributed by atoms with Gasteiger partial charge in [-0.2, -0.15) is 5.10 Å². The third kappa shape index (κ3) is 5.78. The lowest BCUT2D eigenvalue weighted by atomic mass is 10.2. The van der Waals surface area contributed by atoms with E-state index in [0.29, 0.717) is 21.0 Å². The average Bonchev–Trinajstić information content (AvgIpc) is 3.24. The van der Waals surface area contributed by atoms with Crippen LogP contribution in [0.25, 0.3) is 17.1 Å². The summed E-state index contributed by atoms with van der Waals surface area (Å²) in [5, 5.41) is 14.1. The Labute approximate surface area is 203 Å². The maximum absolute atomic E-state index is 13.6. The zero-order chi connectivity index (χ0) is 23.2. The summed E-state index contributed by atoms with van der Waals surface area (Å²) in [6.07, 6.45) is 1.26. The molecule has 1 amide bonds. The molecule has 3 aromatic carbocycles. The number of rotatable bonds is 7. The van der Waals surface area contributed by atoms with Crippen LogP contribution in [0.3, 0.4) is 0 Å². The van der Waals surface area contributed by atoms with Gasteiger partial charge < -0.3 is 0 Å². The lowest BCUT2D eigenvalue weighted by Crippen LogP contribution is -2.20. The number of carbonyl (C=O) groups excluding carboxylic acids is 1. The second-order valence-corrected chi connectivity index (χ2v) is 8.54. The van der Waals surface area contributed by atoms with E-state index in [2.05, 4.69) is 20.7 Å². The number of nitrogens with one attached hydrogen (secondary N) is 1. The predicted molar refractivity (Wildman–Crippen MR) is 130 cm³/mol. The van der Waals surface area contributed by atoms with Crippen LogP contribution in [0.1, 0.15) is 5.56 Å². The van der Waals surface area contributed by atoms with E-state index in [0.717, 1.165) is 11.3 Å². The fraction of sp³-hybridized carbons (Fsp3) is 0.0435. The molecular weight excluding hydrogens is 484 g/mol. The Balaban J connectivity index is 1.52. The van der Waals surface area contributed by atoms with Crippen molar-refractivity contribution in [3.63, 3.8) is 0 Å². The molecule has 1 N–H and O–H groups in total. The minimum atomic E-state index is -0.421. The molecule has 6 nitrogen and oxygen atoms in total. The minimum absolute atomic E-state index is 0.0287. The monoisotopic (exact) mass is 499 g/mol. The molecule has 0 aliphatic carbocycles. The molecule has 0 atom stereocenters. The molecule has 1 aromatic heterocycles. The topological polar surface area (TPSA) is 72.2 Å². The van der Waals surface area contributed by atoms with Crippen molar-refractivity contribution in [1.82, 2.24) is 20.2 Å². The van der Waals surface area contributed by atoms with Crippen molar-refractivity contribution in [1.29, 1.82) is 0 Å². The average molecular weight is 500 g/mol. The third-order valence-corrected chi connectivity index (χ3v) is 5.88. The van der Waals surface area contributed by atoms with Gasteiger partial charge in [0, 0.05) is 26.9 Å². The number of benzene rings is 3. The van der Waals surface area contributed by atoms with Crippen LogP contribution in [0, 0.1) is 5.82 Å². The molecule has 0 saturated carbocycles. The van der Waals surface area contributed by atoms with Crippen LogP contribution < -0.4 is 5.43 Å². The van der Waals surface area contributed by atoms with Gasteiger partial charge in [-0.3, -0.25) is 9.36 Å². The summed E-state index contributed by atoms with van der Waals surface area (Å²) in [7, 11) is 0. The van der Waals surface area contributed by atoms with Crippen molar-refractivity contribution in [2.24, 2.45) is 5.10 Å². The molecule has 0 saturated heterocycles. The standard InChI is InChI=1S/C23H16Cl2FN5OS/c24-17-7-5-15(6-8-17)22-29-30-23(31(22)19-11-9-18(25)10-12-19)33-14-21(32)28-27-13-16-3-1-2-4-20(16)26/h1-13H,14H2,(H,28,32). The zero-order valence-electron chi connectivity index (χ0n) is 17.0. The Morgan fingerprint density at radius 3 is 2.36 bits per heavy atom. The van der Waals surface area contributed by atoms with Gasteiger partial charge in [0.1, 0.15) is 5.82 Å². The fourth-order valence-corrected chi connectivity index (χ4v) is 3.88. The molecule has 33 heavy (non-hydrogen) atoms. The van der Waals surface area contributed by atoms with Crippen molar-refractivity contribution >= 4 is 47.1 Å². The van der Waals surface area contributed by atoms with E-state index < -0.39 is 5.82 Å². The summed E-state index contributed by atoms with van der Waals surface area (Å²) >= 11 is 13.2. The molecule has 0 aliphatic heterocycles. The molecule has 0 bridgehead atoms.